The van der Waals surface area contributed by atoms with Crippen molar-refractivity contribution >= 4 is 11.9 Å². The lowest BCUT2D eigenvalue weighted by Crippen LogP contribution is -2.17. The Balaban J connectivity index is 2.26. The van der Waals surface area contributed by atoms with Crippen LogP contribution >= 0.6 is 0 Å². The van der Waals surface area contributed by atoms with E-state index in [1.807, 2.05) is 0 Å². The molecule has 0 spiro atoms. The van der Waals surface area contributed by atoms with Crippen LogP contribution in [0.25, 0.3) is 0 Å². The second kappa shape index (κ2) is 4.32. The maximum absolute atomic E-state index is 13.4. The summed E-state index contributed by atoms with van der Waals surface area (Å²) in [6.07, 6.45) is 1.31. The minimum atomic E-state index is -0.560. The van der Waals surface area contributed by atoms with Gasteiger partial charge in [0.2, 0.25) is 5.95 Å². The molecule has 0 aliphatic rings. The largest absolute Gasteiger partial charge is 0.291 e. The van der Waals surface area contributed by atoms with Crippen molar-refractivity contribution in [1.29, 1.82) is 0 Å². The van der Waals surface area contributed by atoms with Crippen molar-refractivity contribution in [1.82, 2.24) is 14.8 Å². The van der Waals surface area contributed by atoms with E-state index in [4.69, 9.17) is 0 Å². The Kier molecular flexibility index (Phi) is 2.86. The van der Waals surface area contributed by atoms with Gasteiger partial charge in [-0.25, -0.2) is 9.07 Å². The van der Waals surface area contributed by atoms with Crippen molar-refractivity contribution in [3.8, 4) is 0 Å². The normalized spacial score (nSPS) is 10.3. The molecule has 0 aliphatic carbocycles. The van der Waals surface area contributed by atoms with Crippen LogP contribution in [0, 0.1) is 12.7 Å². The van der Waals surface area contributed by atoms with Crippen molar-refractivity contribution in [2.24, 2.45) is 7.05 Å². The molecule has 1 N–H and O–H groups in total. The van der Waals surface area contributed by atoms with Gasteiger partial charge in [0.05, 0.1) is 5.56 Å². The highest BCUT2D eigenvalue weighted by Crippen LogP contribution is 2.11. The number of amides is 1. The Morgan fingerprint density at radius 2 is 2.24 bits per heavy atom. The van der Waals surface area contributed by atoms with E-state index in [0.717, 1.165) is 5.56 Å². The topological polar surface area (TPSA) is 59.8 Å². The number of nitrogens with one attached hydrogen (secondary N) is 1. The average molecular weight is 234 g/mol. The molecule has 88 valence electrons. The molecule has 0 aliphatic heterocycles. The molecule has 1 amide bonds. The van der Waals surface area contributed by atoms with E-state index in [1.54, 1.807) is 20.0 Å². The van der Waals surface area contributed by atoms with Gasteiger partial charge in [-0.3, -0.25) is 10.1 Å². The Morgan fingerprint density at radius 3 is 2.88 bits per heavy atom. The van der Waals surface area contributed by atoms with E-state index in [0.29, 0.717) is 0 Å². The summed E-state index contributed by atoms with van der Waals surface area (Å²) in [5.74, 6) is -0.825. The van der Waals surface area contributed by atoms with Gasteiger partial charge in [-0.15, -0.1) is 0 Å². The van der Waals surface area contributed by atoms with Gasteiger partial charge in [0, 0.05) is 7.05 Å². The average Bonchev–Trinajstić information content (AvgIpc) is 2.68. The quantitative estimate of drug-likeness (QED) is 0.856. The zero-order chi connectivity index (χ0) is 12.4. The summed E-state index contributed by atoms with van der Waals surface area (Å²) in [6.45, 7) is 1.79. The number of carbonyl (C=O) groups is 1. The first-order valence-corrected chi connectivity index (χ1v) is 4.99. The molecule has 0 atom stereocenters. The monoisotopic (exact) mass is 234 g/mol. The predicted octanol–water partition coefficient (Wildman–Crippen LogP) is 1.51. The lowest BCUT2D eigenvalue weighted by Gasteiger charge is -2.05. The summed E-state index contributed by atoms with van der Waals surface area (Å²) in [4.78, 5) is 15.6. The zero-order valence-corrected chi connectivity index (χ0v) is 9.44. The Bertz CT molecular complexity index is 564. The smallest absolute Gasteiger partial charge is 0.260 e. The van der Waals surface area contributed by atoms with E-state index in [1.165, 1.54) is 23.1 Å². The van der Waals surface area contributed by atoms with Crippen LogP contribution < -0.4 is 5.32 Å². The fraction of sp³-hybridized carbons (Fsp3) is 0.182. The van der Waals surface area contributed by atoms with Crippen molar-refractivity contribution in [2.45, 2.75) is 6.92 Å². The zero-order valence-electron chi connectivity index (χ0n) is 9.44. The standard InChI is InChI=1S/C11H11FN4O/c1-7-3-4-9(12)8(5-7)10(17)15-11-13-6-14-16(11)2/h3-6H,1-2H3,(H,13,14,15,17). The number of hydrogen-bond acceptors (Lipinski definition) is 3. The van der Waals surface area contributed by atoms with Crippen LogP contribution in [-0.4, -0.2) is 20.7 Å². The Labute approximate surface area is 97.3 Å². The number of rotatable bonds is 2. The maximum Gasteiger partial charge on any atom is 0.260 e. The molecule has 0 saturated carbocycles. The molecule has 0 saturated heterocycles. The third-order valence-corrected chi connectivity index (χ3v) is 2.30. The summed E-state index contributed by atoms with van der Waals surface area (Å²) < 4.78 is 14.8. The highest BCUT2D eigenvalue weighted by molar-refractivity contribution is 6.03. The molecule has 0 unspecified atom stereocenters. The summed E-state index contributed by atoms with van der Waals surface area (Å²) in [6, 6.07) is 4.36. The molecule has 1 aromatic heterocycles. The lowest BCUT2D eigenvalue weighted by atomic mass is 10.1. The number of carbonyl (C=O) groups excluding carboxylic acids is 1. The molecule has 0 bridgehead atoms. The molecular weight excluding hydrogens is 223 g/mol. The van der Waals surface area contributed by atoms with Gasteiger partial charge in [0.15, 0.2) is 0 Å². The highest BCUT2D eigenvalue weighted by atomic mass is 19.1. The van der Waals surface area contributed by atoms with Gasteiger partial charge < -0.3 is 0 Å². The predicted molar refractivity (Wildman–Crippen MR) is 60.1 cm³/mol. The Morgan fingerprint density at radius 1 is 1.47 bits per heavy atom. The number of benzene rings is 1. The van der Waals surface area contributed by atoms with E-state index >= 15 is 0 Å². The first-order chi connectivity index (χ1) is 8.08. The molecule has 1 heterocycles. The van der Waals surface area contributed by atoms with Gasteiger partial charge >= 0.3 is 0 Å². The summed E-state index contributed by atoms with van der Waals surface area (Å²) in [5, 5.41) is 6.29. The maximum atomic E-state index is 13.4. The molecule has 2 rings (SSSR count). The van der Waals surface area contributed by atoms with Crippen LogP contribution in [0.1, 0.15) is 15.9 Å². The number of halogens is 1. The summed E-state index contributed by atoms with van der Waals surface area (Å²) in [5.41, 5.74) is 0.808. The van der Waals surface area contributed by atoms with Crippen LogP contribution in [0.4, 0.5) is 10.3 Å². The van der Waals surface area contributed by atoms with Gasteiger partial charge in [-0.05, 0) is 19.1 Å². The van der Waals surface area contributed by atoms with E-state index in [9.17, 15) is 9.18 Å². The van der Waals surface area contributed by atoms with Crippen molar-refractivity contribution < 1.29 is 9.18 Å². The minimum absolute atomic E-state index is 0.00648. The van der Waals surface area contributed by atoms with Crippen molar-refractivity contribution in [3.05, 3.63) is 41.5 Å². The summed E-state index contributed by atoms with van der Waals surface area (Å²) in [7, 11) is 1.63. The van der Waals surface area contributed by atoms with Gasteiger partial charge in [0.1, 0.15) is 12.1 Å². The first kappa shape index (κ1) is 11.3. The molecule has 0 radical (unpaired) electrons. The van der Waals surface area contributed by atoms with Gasteiger partial charge in [-0.2, -0.15) is 10.1 Å². The molecule has 1 aromatic carbocycles. The number of aryl methyl sites for hydroxylation is 2. The number of aromatic nitrogens is 3. The van der Waals surface area contributed by atoms with Crippen molar-refractivity contribution in [3.63, 3.8) is 0 Å². The van der Waals surface area contributed by atoms with Gasteiger partial charge in [-0.1, -0.05) is 11.6 Å². The molecule has 17 heavy (non-hydrogen) atoms. The fourth-order valence-electron chi connectivity index (χ4n) is 1.39. The third kappa shape index (κ3) is 2.30. The van der Waals surface area contributed by atoms with Crippen LogP contribution in [0.5, 0.6) is 0 Å². The number of nitrogens with zero attached hydrogens (tertiary/aromatic N) is 3. The molecule has 6 heteroatoms. The van der Waals surface area contributed by atoms with Crippen LogP contribution in [0.15, 0.2) is 24.5 Å². The molecular formula is C11H11FN4O. The Hall–Kier alpha value is -2.24. The van der Waals surface area contributed by atoms with Crippen molar-refractivity contribution in [2.75, 3.05) is 5.32 Å². The van der Waals surface area contributed by atoms with Crippen LogP contribution in [0.3, 0.4) is 0 Å². The van der Waals surface area contributed by atoms with Crippen LogP contribution in [0.2, 0.25) is 0 Å². The highest BCUT2D eigenvalue weighted by Gasteiger charge is 2.13. The van der Waals surface area contributed by atoms with E-state index < -0.39 is 11.7 Å². The lowest BCUT2D eigenvalue weighted by molar-refractivity contribution is 0.102. The first-order valence-electron chi connectivity index (χ1n) is 4.99. The molecule has 0 fully saturated rings. The number of hydrogen-bond donors (Lipinski definition) is 1. The molecule has 5 nitrogen and oxygen atoms in total. The number of anilines is 1. The SMILES string of the molecule is Cc1ccc(F)c(C(=O)Nc2ncnn2C)c1. The second-order valence-electron chi connectivity index (χ2n) is 3.64. The third-order valence-electron chi connectivity index (χ3n) is 2.30. The van der Waals surface area contributed by atoms with Crippen LogP contribution in [-0.2, 0) is 7.05 Å². The second-order valence-corrected chi connectivity index (χ2v) is 3.64. The molecule has 2 aromatic rings. The fourth-order valence-corrected chi connectivity index (χ4v) is 1.39. The van der Waals surface area contributed by atoms with E-state index in [2.05, 4.69) is 15.4 Å². The summed E-state index contributed by atoms with van der Waals surface area (Å²) >= 11 is 0. The minimum Gasteiger partial charge on any atom is -0.291 e. The van der Waals surface area contributed by atoms with Gasteiger partial charge in [0.25, 0.3) is 5.91 Å². The van der Waals surface area contributed by atoms with E-state index in [-0.39, 0.29) is 11.5 Å².